The van der Waals surface area contributed by atoms with Crippen LogP contribution in [0.15, 0.2) is 36.4 Å². The van der Waals surface area contributed by atoms with E-state index in [-0.39, 0.29) is 23.3 Å². The summed E-state index contributed by atoms with van der Waals surface area (Å²) in [5.41, 5.74) is 3.62. The van der Waals surface area contributed by atoms with Gasteiger partial charge in [-0.1, -0.05) is 36.4 Å². The molecule has 2 saturated carbocycles. The zero-order valence-electron chi connectivity index (χ0n) is 22.0. The van der Waals surface area contributed by atoms with Crippen molar-refractivity contribution in [2.75, 3.05) is 14.1 Å². The van der Waals surface area contributed by atoms with Crippen molar-refractivity contribution >= 4 is 34.8 Å². The first-order valence-electron chi connectivity index (χ1n) is 12.7. The number of nitrogens with zero attached hydrogens (tertiary/aromatic N) is 1. The van der Waals surface area contributed by atoms with Crippen molar-refractivity contribution in [3.63, 3.8) is 0 Å². The first kappa shape index (κ1) is 27.5. The van der Waals surface area contributed by atoms with Crippen LogP contribution in [0.3, 0.4) is 0 Å². The van der Waals surface area contributed by atoms with E-state index in [9.17, 15) is 44.1 Å². The molecule has 7 atom stereocenters. The number of carbonyl (C=O) groups is 6. The number of carbonyl (C=O) groups excluding carboxylic acids is 6. The lowest BCUT2D eigenvalue weighted by Crippen LogP contribution is -2.77. The van der Waals surface area contributed by atoms with E-state index < -0.39 is 76.2 Å². The molecule has 40 heavy (non-hydrogen) atoms. The minimum atomic E-state index is -3.04. The van der Waals surface area contributed by atoms with Crippen LogP contribution in [0.25, 0.3) is 11.1 Å². The number of phenolic OH excluding ortho intramolecular Hbond substituents is 1. The summed E-state index contributed by atoms with van der Waals surface area (Å²) in [4.78, 5) is 79.3. The average Bonchev–Trinajstić information content (AvgIpc) is 2.88. The van der Waals surface area contributed by atoms with E-state index in [1.165, 1.54) is 25.9 Å². The van der Waals surface area contributed by atoms with Crippen LogP contribution in [-0.2, 0) is 25.6 Å². The number of Topliss-reactive ketones (excluding diaryl/α,β-unsaturated/α-hetero) is 5. The largest absolute Gasteiger partial charge is 0.507 e. The molecule has 5 N–H and O–H groups in total. The molecule has 0 saturated heterocycles. The normalized spacial score (nSPS) is 31.4. The van der Waals surface area contributed by atoms with E-state index in [0.717, 1.165) is 0 Å². The lowest BCUT2D eigenvalue weighted by molar-refractivity contribution is -0.195. The number of benzene rings is 2. The molecule has 5 rings (SSSR count). The lowest BCUT2D eigenvalue weighted by Gasteiger charge is -2.54. The van der Waals surface area contributed by atoms with Gasteiger partial charge < -0.3 is 21.1 Å². The number of aromatic hydroxyl groups is 1. The molecule has 0 heterocycles. The Morgan fingerprint density at radius 3 is 2.17 bits per heavy atom. The highest BCUT2D eigenvalue weighted by molar-refractivity contribution is 6.32. The van der Waals surface area contributed by atoms with Gasteiger partial charge >= 0.3 is 0 Å². The number of ketones is 5. The molecule has 2 aromatic rings. The van der Waals surface area contributed by atoms with Crippen LogP contribution in [0.4, 0.5) is 0 Å². The first-order valence-corrected chi connectivity index (χ1v) is 12.7. The summed E-state index contributed by atoms with van der Waals surface area (Å²) < 4.78 is 0. The Bertz CT molecular complexity index is 1510. The summed E-state index contributed by atoms with van der Waals surface area (Å²) in [6, 6.07) is 8.07. The molecular formula is C29H28N2O9. The van der Waals surface area contributed by atoms with Gasteiger partial charge in [0.2, 0.25) is 5.91 Å². The van der Waals surface area contributed by atoms with E-state index in [1.807, 2.05) is 0 Å². The Morgan fingerprint density at radius 2 is 1.62 bits per heavy atom. The monoisotopic (exact) mass is 548 g/mol. The molecule has 208 valence electrons. The minimum absolute atomic E-state index is 0.0654. The number of hydrogen-bond donors (Lipinski definition) is 4. The molecule has 0 aliphatic heterocycles. The van der Waals surface area contributed by atoms with E-state index >= 15 is 0 Å². The number of phenols is 1. The van der Waals surface area contributed by atoms with Crippen LogP contribution in [0, 0.1) is 23.7 Å². The second kappa shape index (κ2) is 9.26. The molecular weight excluding hydrogens is 520 g/mol. The zero-order chi connectivity index (χ0) is 29.4. The van der Waals surface area contributed by atoms with Crippen LogP contribution < -0.4 is 5.73 Å². The fourth-order valence-electron chi connectivity index (χ4n) is 6.71. The second-order valence-corrected chi connectivity index (χ2v) is 11.0. The number of rotatable bonds is 4. The molecule has 0 radical (unpaired) electrons. The Hall–Kier alpha value is -4.06. The highest BCUT2D eigenvalue weighted by Gasteiger charge is 2.72. The van der Waals surface area contributed by atoms with Gasteiger partial charge in [0.1, 0.15) is 5.75 Å². The van der Waals surface area contributed by atoms with Crippen molar-refractivity contribution in [3.8, 4) is 16.9 Å². The van der Waals surface area contributed by atoms with Gasteiger partial charge in [-0.2, -0.15) is 0 Å². The summed E-state index contributed by atoms with van der Waals surface area (Å²) >= 11 is 0. The summed E-state index contributed by atoms with van der Waals surface area (Å²) in [5, 5.41) is 34.3. The predicted octanol–water partition coefficient (Wildman–Crippen LogP) is -0.293. The fourth-order valence-corrected chi connectivity index (χ4v) is 6.71. The van der Waals surface area contributed by atoms with Crippen molar-refractivity contribution < 1.29 is 44.1 Å². The number of aliphatic hydroxyl groups is 2. The molecule has 2 unspecified atom stereocenters. The Morgan fingerprint density at radius 1 is 1.00 bits per heavy atom. The number of likely N-dealkylation sites (N-methyl/N-ethyl adjacent to an activating group) is 1. The van der Waals surface area contributed by atoms with Crippen LogP contribution in [0.2, 0.25) is 0 Å². The number of nitrogens with two attached hydrogens (primary N) is 1. The maximum Gasteiger partial charge on any atom is 0.235 e. The highest BCUT2D eigenvalue weighted by Crippen LogP contribution is 2.51. The Labute approximate surface area is 228 Å². The number of hydrogen-bond acceptors (Lipinski definition) is 10. The van der Waals surface area contributed by atoms with Crippen LogP contribution >= 0.6 is 0 Å². The van der Waals surface area contributed by atoms with Crippen molar-refractivity contribution in [1.82, 2.24) is 4.90 Å². The molecule has 2 aromatic carbocycles. The van der Waals surface area contributed by atoms with E-state index in [1.54, 1.807) is 36.4 Å². The summed E-state index contributed by atoms with van der Waals surface area (Å²) in [6.07, 6.45) is -1.73. The molecule has 3 aliphatic carbocycles. The van der Waals surface area contributed by atoms with E-state index in [4.69, 9.17) is 5.73 Å². The van der Waals surface area contributed by atoms with Gasteiger partial charge in [0.25, 0.3) is 0 Å². The zero-order valence-corrected chi connectivity index (χ0v) is 22.0. The van der Waals surface area contributed by atoms with Gasteiger partial charge in [-0.25, -0.2) is 0 Å². The minimum Gasteiger partial charge on any atom is -0.507 e. The number of fused-ring (bicyclic) bond motifs is 3. The van der Waals surface area contributed by atoms with E-state index in [0.29, 0.717) is 16.7 Å². The molecule has 0 spiro atoms. The van der Waals surface area contributed by atoms with Gasteiger partial charge in [0.15, 0.2) is 40.4 Å². The molecule has 11 nitrogen and oxygen atoms in total. The van der Waals surface area contributed by atoms with Crippen molar-refractivity contribution in [2.45, 2.75) is 31.1 Å². The van der Waals surface area contributed by atoms with Crippen LogP contribution in [0.5, 0.6) is 5.75 Å². The third kappa shape index (κ3) is 3.61. The third-order valence-corrected chi connectivity index (χ3v) is 8.62. The molecule has 11 heteroatoms. The van der Waals surface area contributed by atoms with Crippen LogP contribution in [-0.4, -0.2) is 86.9 Å². The third-order valence-electron chi connectivity index (χ3n) is 8.62. The summed E-state index contributed by atoms with van der Waals surface area (Å²) in [7, 11) is 2.87. The van der Waals surface area contributed by atoms with Gasteiger partial charge in [0.05, 0.1) is 29.5 Å². The maximum absolute atomic E-state index is 13.9. The quantitative estimate of drug-likeness (QED) is 0.291. The number of primary amides is 1. The smallest absolute Gasteiger partial charge is 0.235 e. The van der Waals surface area contributed by atoms with Gasteiger partial charge in [-0.15, -0.1) is 0 Å². The fraction of sp³-hybridized carbons (Fsp3) is 0.379. The van der Waals surface area contributed by atoms with Gasteiger partial charge in [0, 0.05) is 17.0 Å². The summed E-state index contributed by atoms with van der Waals surface area (Å²) in [5.74, 6) is -13.1. The lowest BCUT2D eigenvalue weighted by atomic mass is 9.51. The average molecular weight is 549 g/mol. The predicted molar refractivity (Wildman–Crippen MR) is 138 cm³/mol. The number of aliphatic hydroxyl groups excluding tert-OH is 1. The van der Waals surface area contributed by atoms with Crippen molar-refractivity contribution in [3.05, 3.63) is 53.1 Å². The van der Waals surface area contributed by atoms with E-state index in [2.05, 4.69) is 0 Å². The van der Waals surface area contributed by atoms with Crippen LogP contribution in [0.1, 0.15) is 33.2 Å². The molecule has 2 fully saturated rings. The second-order valence-electron chi connectivity index (χ2n) is 11.0. The molecule has 0 bridgehead atoms. The van der Waals surface area contributed by atoms with Gasteiger partial charge in [-0.05, 0) is 38.6 Å². The van der Waals surface area contributed by atoms with Crippen molar-refractivity contribution in [1.29, 1.82) is 0 Å². The topological polar surface area (TPSA) is 192 Å². The molecule has 1 amide bonds. The van der Waals surface area contributed by atoms with Gasteiger partial charge in [-0.3, -0.25) is 33.7 Å². The molecule has 0 aromatic heterocycles. The number of amides is 1. The van der Waals surface area contributed by atoms with Crippen molar-refractivity contribution in [2.24, 2.45) is 29.4 Å². The Balaban J connectivity index is 1.63. The summed E-state index contributed by atoms with van der Waals surface area (Å²) in [6.45, 7) is 1.41. The maximum atomic E-state index is 13.9. The Kier molecular flexibility index (Phi) is 6.36. The highest BCUT2D eigenvalue weighted by atomic mass is 16.3. The SMILES string of the molecule is CC(=O)c1ccc(-c2ccc3c(c2O)C(=O)C2C(=O)[C@]4(O)C(=O)C(C(N)=O)C(=O)[C@@H](N(C)C)[C@@H]4[C@@H](O)[C@@H]2C3)cc1. The standard InChI is InChI=1S/C29H28N2O9/c1-11(32)12-4-6-13(7-5-12)15-9-8-14-10-16-18(24(35)17(14)22(15)33)26(37)29(40)20(23(16)34)21(31(2)3)25(36)19(27(29)38)28(30)39/h4-9,16,18-21,23,33-34,40H,10H2,1-3H3,(H2,30,39)/t16-,18?,19?,20-,21+,23+,29+/m1/s1. The molecule has 3 aliphatic rings. The first-order chi connectivity index (χ1) is 18.7.